The maximum absolute atomic E-state index is 5.69. The van der Waals surface area contributed by atoms with Crippen LogP contribution < -0.4 is 4.74 Å². The fourth-order valence-corrected chi connectivity index (χ4v) is 5.15. The number of hydrogen-bond donors (Lipinski definition) is 0. The van der Waals surface area contributed by atoms with Gasteiger partial charge in [0.1, 0.15) is 10.4 Å². The molecule has 144 valence electrons. The number of ether oxygens (including phenoxy) is 1. The molecule has 0 saturated carbocycles. The maximum Gasteiger partial charge on any atom is 0.123 e. The molecule has 0 saturated heterocycles. The molecule has 0 aliphatic rings. The Morgan fingerprint density at radius 3 is 2.61 bits per heavy atom. The lowest BCUT2D eigenvalue weighted by atomic mass is 9.92. The highest BCUT2D eigenvalue weighted by Gasteiger charge is 2.15. The van der Waals surface area contributed by atoms with E-state index in [1.807, 2.05) is 0 Å². The fraction of sp³-hybridized carbons (Fsp3) is 0.292. The Morgan fingerprint density at radius 2 is 1.86 bits per heavy atom. The van der Waals surface area contributed by atoms with Crippen LogP contribution in [0.2, 0.25) is 0 Å². The first-order chi connectivity index (χ1) is 13.5. The van der Waals surface area contributed by atoms with Gasteiger partial charge < -0.3 is 9.30 Å². The fourth-order valence-electron chi connectivity index (χ4n) is 3.88. The van der Waals surface area contributed by atoms with Gasteiger partial charge in [-0.3, -0.25) is 0 Å². The lowest BCUT2D eigenvalue weighted by Crippen LogP contribution is -2.03. The van der Waals surface area contributed by atoms with Crippen LogP contribution in [0.4, 0.5) is 0 Å². The molecule has 0 N–H and O–H groups in total. The van der Waals surface area contributed by atoms with E-state index in [0.29, 0.717) is 12.0 Å². The van der Waals surface area contributed by atoms with E-state index in [4.69, 9.17) is 17.0 Å². The van der Waals surface area contributed by atoms with E-state index in [-0.39, 0.29) is 0 Å². The minimum absolute atomic E-state index is 0.367. The second kappa shape index (κ2) is 7.69. The van der Waals surface area contributed by atoms with Crippen molar-refractivity contribution < 1.29 is 4.74 Å². The molecule has 28 heavy (non-hydrogen) atoms. The Bertz CT molecular complexity index is 1200. The van der Waals surface area contributed by atoms with Crippen LogP contribution >= 0.6 is 23.6 Å². The second-order valence-electron chi connectivity index (χ2n) is 7.70. The van der Waals surface area contributed by atoms with Gasteiger partial charge >= 0.3 is 0 Å². The summed E-state index contributed by atoms with van der Waals surface area (Å²) in [6.07, 6.45) is 3.07. The predicted octanol–water partition coefficient (Wildman–Crippen LogP) is 7.52. The SMILES string of the molecule is COc1cc2ccsc2cc1C(C)Cc1ccc2c(=S)n(C(C)C)ccc2c1. The van der Waals surface area contributed by atoms with Crippen molar-refractivity contribution in [1.82, 2.24) is 4.57 Å². The third-order valence-electron chi connectivity index (χ3n) is 5.43. The quantitative estimate of drug-likeness (QED) is 0.318. The van der Waals surface area contributed by atoms with Crippen molar-refractivity contribution in [2.24, 2.45) is 0 Å². The minimum atomic E-state index is 0.367. The summed E-state index contributed by atoms with van der Waals surface area (Å²) in [6, 6.07) is 15.8. The van der Waals surface area contributed by atoms with Gasteiger partial charge in [0, 0.05) is 22.3 Å². The molecule has 0 bridgehead atoms. The van der Waals surface area contributed by atoms with E-state index >= 15 is 0 Å². The molecular weight excluding hydrogens is 382 g/mol. The predicted molar refractivity (Wildman–Crippen MR) is 124 cm³/mol. The summed E-state index contributed by atoms with van der Waals surface area (Å²) in [4.78, 5) is 0. The van der Waals surface area contributed by atoms with Crippen LogP contribution in [0.15, 0.2) is 54.0 Å². The largest absolute Gasteiger partial charge is 0.496 e. The summed E-state index contributed by atoms with van der Waals surface area (Å²) < 4.78 is 10.1. The van der Waals surface area contributed by atoms with E-state index in [1.165, 1.54) is 26.6 Å². The molecule has 2 heterocycles. The number of benzene rings is 2. The van der Waals surface area contributed by atoms with Crippen LogP contribution in [0.1, 0.15) is 43.9 Å². The van der Waals surface area contributed by atoms with Gasteiger partial charge in [0.15, 0.2) is 0 Å². The Kier molecular flexibility index (Phi) is 5.26. The summed E-state index contributed by atoms with van der Waals surface area (Å²) in [6.45, 7) is 6.60. The Balaban J connectivity index is 1.68. The number of thiophene rings is 1. The molecule has 1 unspecified atom stereocenters. The first-order valence-electron chi connectivity index (χ1n) is 9.67. The van der Waals surface area contributed by atoms with Gasteiger partial charge in [0.2, 0.25) is 0 Å². The van der Waals surface area contributed by atoms with E-state index in [2.05, 4.69) is 79.4 Å². The molecule has 1 atom stereocenters. The standard InChI is InChI=1S/C24H25NOS2/c1-15(2)25-9-7-18-12-17(5-6-20(18)24(25)27)11-16(3)21-14-23-19(8-10-28-23)13-22(21)26-4/h5-10,12-16H,11H2,1-4H3. The van der Waals surface area contributed by atoms with Crippen LogP contribution in [-0.2, 0) is 6.42 Å². The van der Waals surface area contributed by atoms with Crippen molar-refractivity contribution in [2.75, 3.05) is 7.11 Å². The lowest BCUT2D eigenvalue weighted by Gasteiger charge is -2.17. The number of rotatable bonds is 5. The molecule has 2 aromatic carbocycles. The normalized spacial score (nSPS) is 12.8. The first kappa shape index (κ1) is 19.2. The summed E-state index contributed by atoms with van der Waals surface area (Å²) >= 11 is 7.48. The summed E-state index contributed by atoms with van der Waals surface area (Å²) in [5.41, 5.74) is 2.59. The van der Waals surface area contributed by atoms with Gasteiger partial charge in [0.05, 0.1) is 7.11 Å². The molecule has 0 radical (unpaired) electrons. The molecule has 0 amide bonds. The number of pyridine rings is 1. The highest BCUT2D eigenvalue weighted by Crippen LogP contribution is 2.35. The van der Waals surface area contributed by atoms with Crippen LogP contribution in [-0.4, -0.2) is 11.7 Å². The Morgan fingerprint density at radius 1 is 1.04 bits per heavy atom. The number of aromatic nitrogens is 1. The van der Waals surface area contributed by atoms with Crippen LogP contribution in [0, 0.1) is 4.64 Å². The number of hydrogen-bond acceptors (Lipinski definition) is 3. The summed E-state index contributed by atoms with van der Waals surface area (Å²) in [7, 11) is 1.76. The van der Waals surface area contributed by atoms with E-state index in [0.717, 1.165) is 22.2 Å². The highest BCUT2D eigenvalue weighted by atomic mass is 32.1. The molecule has 4 aromatic rings. The molecule has 0 aliphatic heterocycles. The molecule has 0 spiro atoms. The van der Waals surface area contributed by atoms with Gasteiger partial charge in [-0.25, -0.2) is 0 Å². The average Bonchev–Trinajstić information content (AvgIpc) is 3.14. The van der Waals surface area contributed by atoms with Crippen molar-refractivity contribution in [1.29, 1.82) is 0 Å². The Labute approximate surface area is 175 Å². The topological polar surface area (TPSA) is 14.2 Å². The zero-order chi connectivity index (χ0) is 19.8. The Hall–Kier alpha value is -2.17. The zero-order valence-corrected chi connectivity index (χ0v) is 18.4. The summed E-state index contributed by atoms with van der Waals surface area (Å²) in [5.74, 6) is 1.34. The van der Waals surface area contributed by atoms with Crippen LogP contribution in [0.25, 0.3) is 20.9 Å². The highest BCUT2D eigenvalue weighted by molar-refractivity contribution is 7.71. The van der Waals surface area contributed by atoms with Crippen LogP contribution in [0.3, 0.4) is 0 Å². The number of nitrogens with zero attached hydrogens (tertiary/aromatic N) is 1. The monoisotopic (exact) mass is 407 g/mol. The van der Waals surface area contributed by atoms with Gasteiger partial charge in [-0.1, -0.05) is 37.3 Å². The van der Waals surface area contributed by atoms with E-state index < -0.39 is 0 Å². The second-order valence-corrected chi connectivity index (χ2v) is 9.04. The molecular formula is C24H25NOS2. The molecule has 0 aliphatic carbocycles. The van der Waals surface area contributed by atoms with Crippen molar-refractivity contribution in [3.63, 3.8) is 0 Å². The molecule has 2 nitrogen and oxygen atoms in total. The molecule has 0 fully saturated rings. The number of methoxy groups -OCH3 is 1. The van der Waals surface area contributed by atoms with Gasteiger partial charge in [-0.2, -0.15) is 0 Å². The van der Waals surface area contributed by atoms with Crippen molar-refractivity contribution in [2.45, 2.75) is 39.2 Å². The van der Waals surface area contributed by atoms with Crippen molar-refractivity contribution in [3.05, 3.63) is 69.8 Å². The molecule has 4 heteroatoms. The molecule has 4 rings (SSSR count). The third kappa shape index (κ3) is 3.47. The number of fused-ring (bicyclic) bond motifs is 2. The lowest BCUT2D eigenvalue weighted by molar-refractivity contribution is 0.407. The van der Waals surface area contributed by atoms with Crippen LogP contribution in [0.5, 0.6) is 5.75 Å². The zero-order valence-electron chi connectivity index (χ0n) is 16.7. The maximum atomic E-state index is 5.69. The smallest absolute Gasteiger partial charge is 0.123 e. The van der Waals surface area contributed by atoms with Gasteiger partial charge in [-0.05, 0) is 77.7 Å². The van der Waals surface area contributed by atoms with Gasteiger partial charge in [0.25, 0.3) is 0 Å². The molecule has 2 aromatic heterocycles. The van der Waals surface area contributed by atoms with E-state index in [9.17, 15) is 0 Å². The minimum Gasteiger partial charge on any atom is -0.496 e. The average molecular weight is 408 g/mol. The third-order valence-corrected chi connectivity index (χ3v) is 6.74. The summed E-state index contributed by atoms with van der Waals surface area (Å²) in [5, 5.41) is 5.75. The van der Waals surface area contributed by atoms with E-state index in [1.54, 1.807) is 18.4 Å². The van der Waals surface area contributed by atoms with Crippen molar-refractivity contribution in [3.8, 4) is 5.75 Å². The van der Waals surface area contributed by atoms with Crippen molar-refractivity contribution >= 4 is 44.4 Å². The first-order valence-corrected chi connectivity index (χ1v) is 11.0. The van der Waals surface area contributed by atoms with Gasteiger partial charge in [-0.15, -0.1) is 11.3 Å².